The highest BCUT2D eigenvalue weighted by Gasteiger charge is 2.19. The molecule has 2 aliphatic heterocycles. The molecule has 0 atom stereocenters. The lowest BCUT2D eigenvalue weighted by molar-refractivity contribution is 0.0636. The molecule has 0 bridgehead atoms. The van der Waals surface area contributed by atoms with Gasteiger partial charge < -0.3 is 14.5 Å². The van der Waals surface area contributed by atoms with E-state index in [-0.39, 0.29) is 0 Å². The molecule has 1 aromatic heterocycles. The predicted octanol–water partition coefficient (Wildman–Crippen LogP) is 4.47. The van der Waals surface area contributed by atoms with Gasteiger partial charge in [0.1, 0.15) is 11.4 Å². The first-order chi connectivity index (χ1) is 16.2. The number of hydrogen-bond donors (Lipinski definition) is 1. The predicted molar refractivity (Wildman–Crippen MR) is 138 cm³/mol. The van der Waals surface area contributed by atoms with E-state index in [1.54, 1.807) is 0 Å². The van der Waals surface area contributed by atoms with Crippen molar-refractivity contribution in [3.63, 3.8) is 0 Å². The Bertz CT molecular complexity index is 1020. The molecule has 34 heavy (non-hydrogen) atoms. The number of aromatic nitrogens is 1. The number of rotatable bonds is 5. The average Bonchev–Trinajstić information content (AvgIpc) is 2.79. The van der Waals surface area contributed by atoms with Crippen LogP contribution in [0.1, 0.15) is 38.4 Å². The van der Waals surface area contributed by atoms with E-state index in [2.05, 4.69) is 57.4 Å². The minimum absolute atomic E-state index is 0.429. The van der Waals surface area contributed by atoms with Crippen molar-refractivity contribution in [2.24, 2.45) is 0 Å². The summed E-state index contributed by atoms with van der Waals surface area (Å²) in [5.41, 5.74) is 3.83. The van der Waals surface area contributed by atoms with Gasteiger partial charge in [-0.15, -0.1) is 0 Å². The standard InChI is InChI=1S/C27H37N5O2/c1-27(2,3)34-26(33)28-23-8-5-7-21(19-23)20-31-13-11-22(12-14-31)24-9-6-10-25(29-24)32-17-15-30(4)16-18-32/h5-11,19H,12-18,20H2,1-4H3,(H,28,33). The second-order valence-corrected chi connectivity index (χ2v) is 10.2. The lowest BCUT2D eigenvalue weighted by Crippen LogP contribution is -2.44. The van der Waals surface area contributed by atoms with Crippen LogP contribution in [0.25, 0.3) is 5.57 Å². The summed E-state index contributed by atoms with van der Waals surface area (Å²) in [6.07, 6.45) is 2.86. The number of benzene rings is 1. The second-order valence-electron chi connectivity index (χ2n) is 10.2. The minimum atomic E-state index is -0.515. The number of carbonyl (C=O) groups is 1. The number of nitrogens with one attached hydrogen (secondary N) is 1. The average molecular weight is 464 g/mol. The van der Waals surface area contributed by atoms with Gasteiger partial charge >= 0.3 is 6.09 Å². The molecule has 1 amide bonds. The number of ether oxygens (including phenoxy) is 1. The van der Waals surface area contributed by atoms with Crippen molar-refractivity contribution in [2.75, 3.05) is 56.5 Å². The normalized spacial score (nSPS) is 17.9. The molecule has 0 unspecified atom stereocenters. The maximum absolute atomic E-state index is 12.1. The van der Waals surface area contributed by atoms with Crippen molar-refractivity contribution >= 4 is 23.2 Å². The lowest BCUT2D eigenvalue weighted by Gasteiger charge is -2.33. The number of amides is 1. The molecule has 0 spiro atoms. The number of likely N-dealkylation sites (N-methyl/N-ethyl adjacent to an activating group) is 1. The number of carbonyl (C=O) groups excluding carboxylic acids is 1. The molecule has 182 valence electrons. The van der Waals surface area contributed by atoms with E-state index in [9.17, 15) is 4.79 Å². The number of nitrogens with zero attached hydrogens (tertiary/aromatic N) is 4. The Morgan fingerprint density at radius 3 is 2.53 bits per heavy atom. The molecular weight excluding hydrogens is 426 g/mol. The molecule has 1 aromatic carbocycles. The molecule has 2 aromatic rings. The first-order valence-corrected chi connectivity index (χ1v) is 12.2. The number of anilines is 2. The minimum Gasteiger partial charge on any atom is -0.444 e. The molecule has 1 fully saturated rings. The van der Waals surface area contributed by atoms with Crippen molar-refractivity contribution in [3.8, 4) is 0 Å². The smallest absolute Gasteiger partial charge is 0.412 e. The van der Waals surface area contributed by atoms with Crippen LogP contribution in [-0.2, 0) is 11.3 Å². The Labute approximate surface area is 203 Å². The monoisotopic (exact) mass is 463 g/mol. The highest BCUT2D eigenvalue weighted by Crippen LogP contribution is 2.25. The van der Waals surface area contributed by atoms with Crippen molar-refractivity contribution in [1.29, 1.82) is 0 Å². The van der Waals surface area contributed by atoms with Crippen LogP contribution in [0.3, 0.4) is 0 Å². The summed E-state index contributed by atoms with van der Waals surface area (Å²) >= 11 is 0. The topological polar surface area (TPSA) is 60.9 Å². The summed E-state index contributed by atoms with van der Waals surface area (Å²) in [6, 6.07) is 14.4. The van der Waals surface area contributed by atoms with E-state index in [4.69, 9.17) is 9.72 Å². The summed E-state index contributed by atoms with van der Waals surface area (Å²) < 4.78 is 5.36. The van der Waals surface area contributed by atoms with E-state index in [0.717, 1.165) is 69.4 Å². The van der Waals surface area contributed by atoms with Gasteiger partial charge in [0.25, 0.3) is 0 Å². The van der Waals surface area contributed by atoms with Gasteiger partial charge in [-0.05, 0) is 69.6 Å². The van der Waals surface area contributed by atoms with Crippen LogP contribution in [0.2, 0.25) is 0 Å². The van der Waals surface area contributed by atoms with Crippen LogP contribution in [0, 0.1) is 0 Å². The zero-order valence-corrected chi connectivity index (χ0v) is 20.9. The van der Waals surface area contributed by atoms with E-state index >= 15 is 0 Å². The first kappa shape index (κ1) is 24.2. The molecule has 1 N–H and O–H groups in total. The molecule has 7 heteroatoms. The highest BCUT2D eigenvalue weighted by molar-refractivity contribution is 5.84. The van der Waals surface area contributed by atoms with Crippen LogP contribution >= 0.6 is 0 Å². The summed E-state index contributed by atoms with van der Waals surface area (Å²) in [7, 11) is 2.17. The quantitative estimate of drug-likeness (QED) is 0.706. The maximum Gasteiger partial charge on any atom is 0.412 e. The van der Waals surface area contributed by atoms with Crippen LogP contribution in [0.15, 0.2) is 48.5 Å². The van der Waals surface area contributed by atoms with Gasteiger partial charge in [-0.3, -0.25) is 10.2 Å². The van der Waals surface area contributed by atoms with Gasteiger partial charge in [0.15, 0.2) is 0 Å². The van der Waals surface area contributed by atoms with Gasteiger partial charge in [-0.25, -0.2) is 9.78 Å². The number of hydrogen-bond acceptors (Lipinski definition) is 6. The zero-order valence-electron chi connectivity index (χ0n) is 20.9. The van der Waals surface area contributed by atoms with Crippen LogP contribution in [-0.4, -0.2) is 72.8 Å². The Morgan fingerprint density at radius 1 is 1.06 bits per heavy atom. The number of pyridine rings is 1. The van der Waals surface area contributed by atoms with Gasteiger partial charge in [0, 0.05) is 51.5 Å². The second kappa shape index (κ2) is 10.6. The molecule has 3 heterocycles. The fraction of sp³-hybridized carbons (Fsp3) is 0.481. The lowest BCUT2D eigenvalue weighted by atomic mass is 10.0. The van der Waals surface area contributed by atoms with Crippen molar-refractivity contribution < 1.29 is 9.53 Å². The fourth-order valence-electron chi connectivity index (χ4n) is 4.33. The van der Waals surface area contributed by atoms with E-state index < -0.39 is 11.7 Å². The zero-order chi connectivity index (χ0) is 24.1. The van der Waals surface area contributed by atoms with Crippen LogP contribution in [0.4, 0.5) is 16.3 Å². The van der Waals surface area contributed by atoms with Gasteiger partial charge in [0.05, 0.1) is 5.69 Å². The van der Waals surface area contributed by atoms with Crippen LogP contribution < -0.4 is 10.2 Å². The first-order valence-electron chi connectivity index (χ1n) is 12.2. The molecule has 4 rings (SSSR count). The largest absolute Gasteiger partial charge is 0.444 e. The van der Waals surface area contributed by atoms with E-state index in [1.165, 1.54) is 11.1 Å². The summed E-state index contributed by atoms with van der Waals surface area (Å²) in [5, 5.41) is 2.83. The molecule has 1 saturated heterocycles. The Balaban J connectivity index is 1.34. The van der Waals surface area contributed by atoms with Crippen molar-refractivity contribution in [1.82, 2.24) is 14.8 Å². The summed E-state index contributed by atoms with van der Waals surface area (Å²) in [5.74, 6) is 1.09. The van der Waals surface area contributed by atoms with E-state index in [0.29, 0.717) is 0 Å². The maximum atomic E-state index is 12.1. The third-order valence-electron chi connectivity index (χ3n) is 6.16. The van der Waals surface area contributed by atoms with Crippen molar-refractivity contribution in [3.05, 3.63) is 59.8 Å². The van der Waals surface area contributed by atoms with Crippen LogP contribution in [0.5, 0.6) is 0 Å². The van der Waals surface area contributed by atoms with E-state index in [1.807, 2.05) is 39.0 Å². The summed E-state index contributed by atoms with van der Waals surface area (Å²) in [6.45, 7) is 12.5. The Kier molecular flexibility index (Phi) is 7.54. The fourth-order valence-corrected chi connectivity index (χ4v) is 4.33. The van der Waals surface area contributed by atoms with Gasteiger partial charge in [-0.2, -0.15) is 0 Å². The SMILES string of the molecule is CN1CCN(c2cccc(C3=CCN(Cc4cccc(NC(=O)OC(C)(C)C)c4)CC3)n2)CC1. The third kappa shape index (κ3) is 6.81. The number of piperazine rings is 1. The summed E-state index contributed by atoms with van der Waals surface area (Å²) in [4.78, 5) is 24.2. The van der Waals surface area contributed by atoms with Gasteiger partial charge in [-0.1, -0.05) is 24.3 Å². The van der Waals surface area contributed by atoms with Crippen molar-refractivity contribution in [2.45, 2.75) is 39.3 Å². The molecular formula is C27H37N5O2. The molecule has 0 aliphatic carbocycles. The van der Waals surface area contributed by atoms with Gasteiger partial charge in [0.2, 0.25) is 0 Å². The molecule has 7 nitrogen and oxygen atoms in total. The molecule has 0 radical (unpaired) electrons. The molecule has 0 saturated carbocycles. The third-order valence-corrected chi connectivity index (χ3v) is 6.16. The Hall–Kier alpha value is -2.90. The highest BCUT2D eigenvalue weighted by atomic mass is 16.6. The molecule has 2 aliphatic rings. The Morgan fingerprint density at radius 2 is 1.82 bits per heavy atom.